The van der Waals surface area contributed by atoms with Crippen LogP contribution in [-0.4, -0.2) is 47.8 Å². The van der Waals surface area contributed by atoms with Gasteiger partial charge >= 0.3 is 0 Å². The maximum atomic E-state index is 11.9. The molecule has 0 atom stereocenters. The van der Waals surface area contributed by atoms with Crippen molar-refractivity contribution >= 4 is 11.8 Å². The van der Waals surface area contributed by atoms with E-state index in [1.807, 2.05) is 16.7 Å². The Morgan fingerprint density at radius 2 is 1.53 bits per heavy atom. The van der Waals surface area contributed by atoms with Gasteiger partial charge in [-0.1, -0.05) is 20.8 Å². The van der Waals surface area contributed by atoms with E-state index < -0.39 is 0 Å². The number of carbonyl (C=O) groups excluding carboxylic acids is 2. The normalized spacial score (nSPS) is 17.2. The first-order chi connectivity index (χ1) is 8.04. The largest absolute Gasteiger partial charge is 0.341 e. The van der Waals surface area contributed by atoms with Crippen molar-refractivity contribution in [2.24, 2.45) is 5.92 Å². The van der Waals surface area contributed by atoms with Crippen LogP contribution < -0.4 is 0 Å². The topological polar surface area (TPSA) is 40.6 Å². The molecule has 2 amide bonds. The van der Waals surface area contributed by atoms with Crippen LogP contribution in [0.4, 0.5) is 0 Å². The maximum Gasteiger partial charge on any atom is 0.222 e. The molecule has 1 aliphatic heterocycles. The van der Waals surface area contributed by atoms with Crippen molar-refractivity contribution in [2.45, 2.75) is 40.0 Å². The van der Waals surface area contributed by atoms with Crippen LogP contribution in [0.25, 0.3) is 0 Å². The molecule has 1 heterocycles. The van der Waals surface area contributed by atoms with Crippen LogP contribution in [0.3, 0.4) is 0 Å². The smallest absolute Gasteiger partial charge is 0.222 e. The standard InChI is InChI=1S/C13H24N2O2/c1-4-12(16)14-6-5-7-15(9-8-14)13(17)10-11(2)3/h11H,4-10H2,1-3H3. The van der Waals surface area contributed by atoms with Crippen molar-refractivity contribution in [3.05, 3.63) is 0 Å². The van der Waals surface area contributed by atoms with Crippen LogP contribution in [-0.2, 0) is 9.59 Å². The lowest BCUT2D eigenvalue weighted by Gasteiger charge is -2.22. The van der Waals surface area contributed by atoms with Crippen molar-refractivity contribution in [1.29, 1.82) is 0 Å². The number of amides is 2. The fraction of sp³-hybridized carbons (Fsp3) is 0.846. The molecule has 0 saturated carbocycles. The highest BCUT2D eigenvalue weighted by atomic mass is 16.2. The Hall–Kier alpha value is -1.06. The van der Waals surface area contributed by atoms with Gasteiger partial charge in [0.2, 0.25) is 11.8 Å². The molecule has 17 heavy (non-hydrogen) atoms. The molecule has 4 nitrogen and oxygen atoms in total. The molecule has 0 radical (unpaired) electrons. The summed E-state index contributed by atoms with van der Waals surface area (Å²) in [5, 5.41) is 0. The number of hydrogen-bond acceptors (Lipinski definition) is 2. The van der Waals surface area contributed by atoms with Gasteiger partial charge in [-0.25, -0.2) is 0 Å². The zero-order chi connectivity index (χ0) is 12.8. The van der Waals surface area contributed by atoms with Crippen molar-refractivity contribution in [1.82, 2.24) is 9.80 Å². The molecule has 0 N–H and O–H groups in total. The minimum atomic E-state index is 0.197. The Kier molecular flexibility index (Phi) is 5.45. The van der Waals surface area contributed by atoms with Gasteiger partial charge in [0.25, 0.3) is 0 Å². The monoisotopic (exact) mass is 240 g/mol. The summed E-state index contributed by atoms with van der Waals surface area (Å²) in [6.07, 6.45) is 2.07. The number of rotatable bonds is 3. The molecular weight excluding hydrogens is 216 g/mol. The van der Waals surface area contributed by atoms with Crippen LogP contribution in [0.15, 0.2) is 0 Å². The third-order valence-corrected chi connectivity index (χ3v) is 3.09. The van der Waals surface area contributed by atoms with E-state index >= 15 is 0 Å². The lowest BCUT2D eigenvalue weighted by molar-refractivity contribution is -0.133. The van der Waals surface area contributed by atoms with E-state index in [9.17, 15) is 9.59 Å². The van der Waals surface area contributed by atoms with Crippen LogP contribution in [0.5, 0.6) is 0 Å². The fourth-order valence-corrected chi connectivity index (χ4v) is 2.12. The van der Waals surface area contributed by atoms with Crippen LogP contribution in [0.1, 0.15) is 40.0 Å². The molecule has 1 aliphatic rings. The first-order valence-corrected chi connectivity index (χ1v) is 6.60. The van der Waals surface area contributed by atoms with Gasteiger partial charge < -0.3 is 9.80 Å². The quantitative estimate of drug-likeness (QED) is 0.750. The maximum absolute atomic E-state index is 11.9. The molecule has 0 aromatic carbocycles. The molecular formula is C13H24N2O2. The highest BCUT2D eigenvalue weighted by molar-refractivity contribution is 5.77. The van der Waals surface area contributed by atoms with E-state index in [0.29, 0.717) is 31.8 Å². The minimum Gasteiger partial charge on any atom is -0.341 e. The lowest BCUT2D eigenvalue weighted by atomic mass is 10.1. The van der Waals surface area contributed by atoms with Crippen molar-refractivity contribution < 1.29 is 9.59 Å². The Morgan fingerprint density at radius 3 is 2.00 bits per heavy atom. The van der Waals surface area contributed by atoms with Crippen LogP contribution in [0.2, 0.25) is 0 Å². The van der Waals surface area contributed by atoms with E-state index in [2.05, 4.69) is 13.8 Å². The van der Waals surface area contributed by atoms with Gasteiger partial charge in [-0.3, -0.25) is 9.59 Å². The first-order valence-electron chi connectivity index (χ1n) is 6.60. The van der Waals surface area contributed by atoms with Gasteiger partial charge in [0, 0.05) is 39.0 Å². The molecule has 1 fully saturated rings. The van der Waals surface area contributed by atoms with Gasteiger partial charge in [-0.2, -0.15) is 0 Å². The Labute approximate surface area is 104 Å². The predicted octanol–water partition coefficient (Wildman–Crippen LogP) is 1.50. The second-order valence-electron chi connectivity index (χ2n) is 5.07. The minimum absolute atomic E-state index is 0.197. The Balaban J connectivity index is 2.47. The molecule has 0 bridgehead atoms. The zero-order valence-corrected chi connectivity index (χ0v) is 11.2. The van der Waals surface area contributed by atoms with Crippen molar-refractivity contribution in [2.75, 3.05) is 26.2 Å². The SMILES string of the molecule is CCC(=O)N1CCCN(C(=O)CC(C)C)CC1. The van der Waals surface area contributed by atoms with E-state index in [0.717, 1.165) is 19.5 Å². The molecule has 1 rings (SSSR count). The second kappa shape index (κ2) is 6.62. The Bertz CT molecular complexity index is 277. The second-order valence-corrected chi connectivity index (χ2v) is 5.07. The van der Waals surface area contributed by atoms with Crippen molar-refractivity contribution in [3.63, 3.8) is 0 Å². The summed E-state index contributed by atoms with van der Waals surface area (Å²) >= 11 is 0. The van der Waals surface area contributed by atoms with Gasteiger partial charge in [0.05, 0.1) is 0 Å². The molecule has 1 saturated heterocycles. The van der Waals surface area contributed by atoms with E-state index in [1.165, 1.54) is 0 Å². The molecule has 4 heteroatoms. The number of carbonyl (C=O) groups is 2. The summed E-state index contributed by atoms with van der Waals surface area (Å²) in [7, 11) is 0. The molecule has 0 aliphatic carbocycles. The van der Waals surface area contributed by atoms with Gasteiger partial charge in [-0.15, -0.1) is 0 Å². The highest BCUT2D eigenvalue weighted by Crippen LogP contribution is 2.09. The van der Waals surface area contributed by atoms with E-state index in [1.54, 1.807) is 0 Å². The molecule has 0 aromatic rings. The summed E-state index contributed by atoms with van der Waals surface area (Å²) in [5.41, 5.74) is 0. The molecule has 0 unspecified atom stereocenters. The van der Waals surface area contributed by atoms with Gasteiger partial charge in [0.15, 0.2) is 0 Å². The summed E-state index contributed by atoms with van der Waals surface area (Å²) in [4.78, 5) is 27.3. The van der Waals surface area contributed by atoms with E-state index in [-0.39, 0.29) is 11.8 Å². The number of hydrogen-bond donors (Lipinski definition) is 0. The van der Waals surface area contributed by atoms with Crippen LogP contribution in [0, 0.1) is 5.92 Å². The fourth-order valence-electron chi connectivity index (χ4n) is 2.12. The third-order valence-electron chi connectivity index (χ3n) is 3.09. The molecule has 0 spiro atoms. The predicted molar refractivity (Wildman–Crippen MR) is 67.5 cm³/mol. The zero-order valence-electron chi connectivity index (χ0n) is 11.2. The van der Waals surface area contributed by atoms with E-state index in [4.69, 9.17) is 0 Å². The molecule has 98 valence electrons. The molecule has 0 aromatic heterocycles. The van der Waals surface area contributed by atoms with Gasteiger partial charge in [0.1, 0.15) is 0 Å². The summed E-state index contributed by atoms with van der Waals surface area (Å²) in [6.45, 7) is 8.96. The third kappa shape index (κ3) is 4.36. The first kappa shape index (κ1) is 14.0. The summed E-state index contributed by atoms with van der Waals surface area (Å²) < 4.78 is 0. The average Bonchev–Trinajstić information content (AvgIpc) is 2.52. The Morgan fingerprint density at radius 1 is 1.00 bits per heavy atom. The lowest BCUT2D eigenvalue weighted by Crippen LogP contribution is -2.37. The highest BCUT2D eigenvalue weighted by Gasteiger charge is 2.21. The summed E-state index contributed by atoms with van der Waals surface area (Å²) in [6, 6.07) is 0. The number of nitrogens with zero attached hydrogens (tertiary/aromatic N) is 2. The van der Waals surface area contributed by atoms with Crippen LogP contribution >= 0.6 is 0 Å². The van der Waals surface area contributed by atoms with Crippen molar-refractivity contribution in [3.8, 4) is 0 Å². The summed E-state index contributed by atoms with van der Waals surface area (Å²) in [5.74, 6) is 0.827. The van der Waals surface area contributed by atoms with Gasteiger partial charge in [-0.05, 0) is 12.3 Å². The average molecular weight is 240 g/mol.